The molecule has 1 aromatic carbocycles. The fourth-order valence-electron chi connectivity index (χ4n) is 1.71. The third-order valence-corrected chi connectivity index (χ3v) is 2.98. The van der Waals surface area contributed by atoms with Gasteiger partial charge in [-0.3, -0.25) is 0 Å². The van der Waals surface area contributed by atoms with E-state index in [1.54, 1.807) is 20.8 Å². The number of urea groups is 1. The van der Waals surface area contributed by atoms with Gasteiger partial charge in [-0.05, 0) is 39.0 Å². The molecule has 0 radical (unpaired) electrons. The molecule has 0 aliphatic heterocycles. The lowest BCUT2D eigenvalue weighted by Gasteiger charge is -2.10. The Morgan fingerprint density at radius 3 is 2.46 bits per heavy atom. The first-order chi connectivity index (χ1) is 11.4. The smallest absolute Gasteiger partial charge is 0.339 e. The number of carbonyl (C=O) groups excluding carboxylic acids is 3. The summed E-state index contributed by atoms with van der Waals surface area (Å²) < 4.78 is 9.63. The van der Waals surface area contributed by atoms with Crippen LogP contribution < -0.4 is 10.6 Å². The van der Waals surface area contributed by atoms with Crippen molar-refractivity contribution in [3.05, 3.63) is 40.6 Å². The molecule has 0 atom stereocenters. The standard InChI is InChI=1S/C16H19ClN2O5/c1-4-23-14(20)8-10(3)18-16(22)19-11-6-7-13(17)12(9-11)15(21)24-5-2/h6-9H,4-5H2,1-3H3,(H2,18,19,22). The van der Waals surface area contributed by atoms with Crippen LogP contribution in [0.15, 0.2) is 30.0 Å². The topological polar surface area (TPSA) is 93.7 Å². The van der Waals surface area contributed by atoms with Crippen molar-refractivity contribution in [1.82, 2.24) is 5.32 Å². The Hall–Kier alpha value is -2.54. The van der Waals surface area contributed by atoms with Gasteiger partial charge in [0, 0.05) is 17.5 Å². The molecular weight excluding hydrogens is 336 g/mol. The van der Waals surface area contributed by atoms with E-state index in [0.717, 1.165) is 6.08 Å². The highest BCUT2D eigenvalue weighted by molar-refractivity contribution is 6.33. The van der Waals surface area contributed by atoms with Crippen LogP contribution in [0.3, 0.4) is 0 Å². The zero-order valence-corrected chi connectivity index (χ0v) is 14.4. The molecule has 130 valence electrons. The van der Waals surface area contributed by atoms with Crippen LogP contribution in [0, 0.1) is 0 Å². The fraction of sp³-hybridized carbons (Fsp3) is 0.312. The van der Waals surface area contributed by atoms with Gasteiger partial charge in [-0.2, -0.15) is 0 Å². The van der Waals surface area contributed by atoms with Crippen LogP contribution in [-0.4, -0.2) is 31.2 Å². The molecule has 0 aliphatic carbocycles. The Morgan fingerprint density at radius 2 is 1.83 bits per heavy atom. The average molecular weight is 355 g/mol. The summed E-state index contributed by atoms with van der Waals surface area (Å²) in [5, 5.41) is 5.22. The first kappa shape index (κ1) is 19.5. The maximum Gasteiger partial charge on any atom is 0.339 e. The van der Waals surface area contributed by atoms with Crippen LogP contribution in [0.1, 0.15) is 31.1 Å². The van der Waals surface area contributed by atoms with E-state index in [1.165, 1.54) is 18.2 Å². The number of anilines is 1. The van der Waals surface area contributed by atoms with E-state index in [9.17, 15) is 14.4 Å². The van der Waals surface area contributed by atoms with Crippen LogP contribution in [0.25, 0.3) is 0 Å². The summed E-state index contributed by atoms with van der Waals surface area (Å²) in [4.78, 5) is 34.9. The van der Waals surface area contributed by atoms with E-state index in [4.69, 9.17) is 21.1 Å². The maximum absolute atomic E-state index is 11.9. The molecular formula is C16H19ClN2O5. The third-order valence-electron chi connectivity index (χ3n) is 2.65. The van der Waals surface area contributed by atoms with Crippen molar-refractivity contribution in [2.45, 2.75) is 20.8 Å². The van der Waals surface area contributed by atoms with E-state index < -0.39 is 18.0 Å². The number of esters is 2. The quantitative estimate of drug-likeness (QED) is 0.604. The zero-order valence-electron chi connectivity index (χ0n) is 13.6. The molecule has 1 rings (SSSR count). The Bertz CT molecular complexity index is 658. The van der Waals surface area contributed by atoms with Crippen molar-refractivity contribution in [3.63, 3.8) is 0 Å². The average Bonchev–Trinajstić information content (AvgIpc) is 2.49. The van der Waals surface area contributed by atoms with E-state index in [2.05, 4.69) is 10.6 Å². The molecule has 0 spiro atoms. The van der Waals surface area contributed by atoms with Crippen molar-refractivity contribution < 1.29 is 23.9 Å². The largest absolute Gasteiger partial charge is 0.463 e. The second-order valence-corrected chi connectivity index (χ2v) is 4.98. The Balaban J connectivity index is 2.75. The van der Waals surface area contributed by atoms with Crippen LogP contribution in [0.2, 0.25) is 5.02 Å². The van der Waals surface area contributed by atoms with Gasteiger partial charge in [0.1, 0.15) is 0 Å². The summed E-state index contributed by atoms with van der Waals surface area (Å²) in [7, 11) is 0. The first-order valence-electron chi connectivity index (χ1n) is 7.27. The molecule has 0 aliphatic rings. The highest BCUT2D eigenvalue weighted by atomic mass is 35.5. The Labute approximate surface area is 145 Å². The highest BCUT2D eigenvalue weighted by Gasteiger charge is 2.13. The van der Waals surface area contributed by atoms with Gasteiger partial charge < -0.3 is 20.1 Å². The van der Waals surface area contributed by atoms with Crippen molar-refractivity contribution in [3.8, 4) is 0 Å². The summed E-state index contributed by atoms with van der Waals surface area (Å²) in [5.74, 6) is -1.13. The third kappa shape index (κ3) is 6.29. The van der Waals surface area contributed by atoms with E-state index in [0.29, 0.717) is 11.4 Å². The molecule has 0 fully saturated rings. The van der Waals surface area contributed by atoms with Gasteiger partial charge in [0.25, 0.3) is 0 Å². The number of hydrogen-bond donors (Lipinski definition) is 2. The number of amides is 2. The minimum Gasteiger partial charge on any atom is -0.463 e. The number of carbonyl (C=O) groups is 3. The lowest BCUT2D eigenvalue weighted by molar-refractivity contribution is -0.137. The van der Waals surface area contributed by atoms with Crippen molar-refractivity contribution in [2.75, 3.05) is 18.5 Å². The van der Waals surface area contributed by atoms with Crippen LogP contribution in [-0.2, 0) is 14.3 Å². The second-order valence-electron chi connectivity index (χ2n) is 4.57. The summed E-state index contributed by atoms with van der Waals surface area (Å²) in [6.07, 6.45) is 1.16. The summed E-state index contributed by atoms with van der Waals surface area (Å²) >= 11 is 5.95. The zero-order chi connectivity index (χ0) is 18.1. The monoisotopic (exact) mass is 354 g/mol. The summed E-state index contributed by atoms with van der Waals surface area (Å²) in [6, 6.07) is 3.84. The van der Waals surface area contributed by atoms with Gasteiger partial charge in [-0.15, -0.1) is 0 Å². The number of ether oxygens (including phenoxy) is 2. The van der Waals surface area contributed by atoms with E-state index in [-0.39, 0.29) is 23.8 Å². The maximum atomic E-state index is 11.9. The lowest BCUT2D eigenvalue weighted by atomic mass is 10.2. The molecule has 0 saturated carbocycles. The summed E-state index contributed by atoms with van der Waals surface area (Å²) in [6.45, 7) is 5.37. The van der Waals surface area contributed by atoms with Crippen molar-refractivity contribution in [1.29, 1.82) is 0 Å². The number of nitrogens with one attached hydrogen (secondary N) is 2. The van der Waals surface area contributed by atoms with Crippen LogP contribution >= 0.6 is 11.6 Å². The van der Waals surface area contributed by atoms with Crippen LogP contribution in [0.5, 0.6) is 0 Å². The normalized spacial score (nSPS) is 10.8. The highest BCUT2D eigenvalue weighted by Crippen LogP contribution is 2.21. The fourth-order valence-corrected chi connectivity index (χ4v) is 1.90. The summed E-state index contributed by atoms with van der Waals surface area (Å²) in [5.41, 5.74) is 0.810. The number of hydrogen-bond acceptors (Lipinski definition) is 5. The molecule has 24 heavy (non-hydrogen) atoms. The molecule has 8 heteroatoms. The molecule has 2 amide bonds. The van der Waals surface area contributed by atoms with Gasteiger partial charge in [0.05, 0.1) is 23.8 Å². The predicted molar refractivity (Wildman–Crippen MR) is 90.0 cm³/mol. The van der Waals surface area contributed by atoms with Gasteiger partial charge in [0.2, 0.25) is 0 Å². The first-order valence-corrected chi connectivity index (χ1v) is 7.64. The molecule has 0 saturated heterocycles. The number of halogens is 1. The molecule has 0 bridgehead atoms. The molecule has 7 nitrogen and oxygen atoms in total. The SMILES string of the molecule is CCOC(=O)C=C(C)NC(=O)Nc1ccc(Cl)c(C(=O)OCC)c1. The second kappa shape index (κ2) is 9.57. The van der Waals surface area contributed by atoms with Gasteiger partial charge in [-0.1, -0.05) is 11.6 Å². The van der Waals surface area contributed by atoms with Gasteiger partial charge in [0.15, 0.2) is 0 Å². The minimum atomic E-state index is -0.579. The molecule has 0 aromatic heterocycles. The minimum absolute atomic E-state index is 0.148. The van der Waals surface area contributed by atoms with Crippen molar-refractivity contribution >= 4 is 35.3 Å². The molecule has 2 N–H and O–H groups in total. The number of allylic oxidation sites excluding steroid dienone is 1. The lowest BCUT2D eigenvalue weighted by Crippen LogP contribution is -2.27. The van der Waals surface area contributed by atoms with Gasteiger partial charge in [-0.25, -0.2) is 14.4 Å². The molecule has 1 aromatic rings. The predicted octanol–water partition coefficient (Wildman–Crippen LogP) is 3.11. The number of rotatable bonds is 6. The Morgan fingerprint density at radius 1 is 1.17 bits per heavy atom. The van der Waals surface area contributed by atoms with E-state index >= 15 is 0 Å². The van der Waals surface area contributed by atoms with Crippen LogP contribution in [0.4, 0.5) is 10.5 Å². The number of benzene rings is 1. The Kier molecular flexibility index (Phi) is 7.77. The van der Waals surface area contributed by atoms with Gasteiger partial charge >= 0.3 is 18.0 Å². The molecule has 0 heterocycles. The van der Waals surface area contributed by atoms with E-state index in [1.807, 2.05) is 0 Å². The molecule has 0 unspecified atom stereocenters. The van der Waals surface area contributed by atoms with Crippen molar-refractivity contribution in [2.24, 2.45) is 0 Å².